The third-order valence-electron chi connectivity index (χ3n) is 5.20. The molecule has 2 aromatic heterocycles. The van der Waals surface area contributed by atoms with Gasteiger partial charge in [0.2, 0.25) is 5.91 Å². The van der Waals surface area contributed by atoms with Gasteiger partial charge in [-0.3, -0.25) is 9.59 Å². The molecule has 0 saturated carbocycles. The highest BCUT2D eigenvalue weighted by atomic mass is 16.5. The number of carbonyl (C=O) groups excluding carboxylic acids is 2. The van der Waals surface area contributed by atoms with E-state index < -0.39 is 11.9 Å². The van der Waals surface area contributed by atoms with E-state index in [0.29, 0.717) is 26.2 Å². The molecule has 2 aromatic carbocycles. The number of benzene rings is 2. The molecular formula is C27H26N2O5. The van der Waals surface area contributed by atoms with Crippen LogP contribution in [-0.2, 0) is 35.7 Å². The Morgan fingerprint density at radius 3 is 2.32 bits per heavy atom. The van der Waals surface area contributed by atoms with Crippen LogP contribution in [-0.4, -0.2) is 17.9 Å². The molecule has 7 nitrogen and oxygen atoms in total. The molecule has 4 aromatic rings. The second-order valence-corrected chi connectivity index (χ2v) is 7.80. The Hall–Kier alpha value is -4.10. The number of nitrogens with one attached hydrogen (secondary N) is 2. The molecule has 4 rings (SSSR count). The van der Waals surface area contributed by atoms with Crippen LogP contribution in [0.4, 0.5) is 0 Å². The lowest BCUT2D eigenvalue weighted by Crippen LogP contribution is -2.47. The van der Waals surface area contributed by atoms with Crippen LogP contribution in [0.2, 0.25) is 0 Å². The predicted molar refractivity (Wildman–Crippen MR) is 126 cm³/mol. The first kappa shape index (κ1) is 23.1. The Kier molecular flexibility index (Phi) is 7.92. The second-order valence-electron chi connectivity index (χ2n) is 7.80. The summed E-state index contributed by atoms with van der Waals surface area (Å²) in [6, 6.07) is 23.5. The number of amides is 2. The van der Waals surface area contributed by atoms with E-state index in [0.717, 1.165) is 22.5 Å². The molecule has 0 saturated heterocycles. The number of rotatable bonds is 11. The van der Waals surface area contributed by atoms with Gasteiger partial charge >= 0.3 is 0 Å². The lowest BCUT2D eigenvalue weighted by atomic mass is 10.0. The first-order valence-corrected chi connectivity index (χ1v) is 11.0. The molecule has 0 spiro atoms. The Labute approximate surface area is 197 Å². The minimum Gasteiger partial charge on any atom is -0.467 e. The number of hydrogen-bond donors (Lipinski definition) is 2. The Morgan fingerprint density at radius 1 is 0.794 bits per heavy atom. The van der Waals surface area contributed by atoms with Gasteiger partial charge in [-0.15, -0.1) is 0 Å². The zero-order valence-electron chi connectivity index (χ0n) is 18.6. The highest BCUT2D eigenvalue weighted by molar-refractivity contribution is 5.95. The van der Waals surface area contributed by atoms with Crippen LogP contribution in [0.25, 0.3) is 0 Å². The lowest BCUT2D eigenvalue weighted by Gasteiger charge is -2.18. The third-order valence-corrected chi connectivity index (χ3v) is 5.20. The summed E-state index contributed by atoms with van der Waals surface area (Å²) in [5.41, 5.74) is 2.87. The number of ether oxygens (including phenoxy) is 1. The van der Waals surface area contributed by atoms with E-state index in [-0.39, 0.29) is 11.7 Å². The third kappa shape index (κ3) is 6.70. The maximum atomic E-state index is 13.0. The van der Waals surface area contributed by atoms with Gasteiger partial charge in [0.15, 0.2) is 5.76 Å². The van der Waals surface area contributed by atoms with Crippen molar-refractivity contribution in [3.05, 3.63) is 120 Å². The molecule has 1 unspecified atom stereocenters. The average molecular weight is 459 g/mol. The molecule has 7 heteroatoms. The highest BCUT2D eigenvalue weighted by Crippen LogP contribution is 2.10. The molecule has 1 atom stereocenters. The summed E-state index contributed by atoms with van der Waals surface area (Å²) in [5.74, 6) is 0.220. The van der Waals surface area contributed by atoms with E-state index in [1.807, 2.05) is 66.7 Å². The Bertz CT molecular complexity index is 1170. The zero-order chi connectivity index (χ0) is 23.6. The van der Waals surface area contributed by atoms with E-state index in [1.165, 1.54) is 6.26 Å². The van der Waals surface area contributed by atoms with Crippen LogP contribution in [0.3, 0.4) is 0 Å². The summed E-state index contributed by atoms with van der Waals surface area (Å²) in [4.78, 5) is 25.5. The fourth-order valence-corrected chi connectivity index (χ4v) is 3.50. The summed E-state index contributed by atoms with van der Waals surface area (Å²) >= 11 is 0. The van der Waals surface area contributed by atoms with Crippen LogP contribution in [0.5, 0.6) is 0 Å². The molecule has 34 heavy (non-hydrogen) atoms. The SMILES string of the molecule is O=C(NC(Cc1ccccc1)C(=O)NCc1cccc(COCc2ccco2)c1)c1ccco1. The van der Waals surface area contributed by atoms with Gasteiger partial charge < -0.3 is 24.2 Å². The van der Waals surface area contributed by atoms with Crippen molar-refractivity contribution >= 4 is 11.8 Å². The molecule has 0 bridgehead atoms. The molecule has 2 N–H and O–H groups in total. The number of furan rings is 2. The van der Waals surface area contributed by atoms with E-state index in [4.69, 9.17) is 13.6 Å². The zero-order valence-corrected chi connectivity index (χ0v) is 18.6. The van der Waals surface area contributed by atoms with E-state index in [9.17, 15) is 9.59 Å². The van der Waals surface area contributed by atoms with Crippen molar-refractivity contribution in [1.82, 2.24) is 10.6 Å². The van der Waals surface area contributed by atoms with Crippen molar-refractivity contribution in [2.24, 2.45) is 0 Å². The fraction of sp³-hybridized carbons (Fsp3) is 0.185. The van der Waals surface area contributed by atoms with Gasteiger partial charge in [0, 0.05) is 13.0 Å². The molecule has 0 aliphatic heterocycles. The van der Waals surface area contributed by atoms with E-state index in [2.05, 4.69) is 10.6 Å². The van der Waals surface area contributed by atoms with Gasteiger partial charge in [-0.1, -0.05) is 54.6 Å². The summed E-state index contributed by atoms with van der Waals surface area (Å²) in [5, 5.41) is 5.72. The lowest BCUT2D eigenvalue weighted by molar-refractivity contribution is -0.123. The molecule has 0 radical (unpaired) electrons. The molecule has 0 aliphatic rings. The molecule has 2 heterocycles. The number of hydrogen-bond acceptors (Lipinski definition) is 5. The van der Waals surface area contributed by atoms with Gasteiger partial charge in [0.1, 0.15) is 18.4 Å². The van der Waals surface area contributed by atoms with Crippen LogP contribution in [0, 0.1) is 0 Å². The number of carbonyl (C=O) groups is 2. The fourth-order valence-electron chi connectivity index (χ4n) is 3.50. The quantitative estimate of drug-likeness (QED) is 0.351. The topological polar surface area (TPSA) is 93.7 Å². The maximum Gasteiger partial charge on any atom is 0.287 e. The van der Waals surface area contributed by atoms with Crippen LogP contribution in [0.1, 0.15) is 33.0 Å². The summed E-state index contributed by atoms with van der Waals surface area (Å²) in [6.07, 6.45) is 3.40. The largest absolute Gasteiger partial charge is 0.467 e. The average Bonchev–Trinajstić information content (AvgIpc) is 3.58. The predicted octanol–water partition coefficient (Wildman–Crippen LogP) is 4.25. The Balaban J connectivity index is 1.35. The maximum absolute atomic E-state index is 13.0. The van der Waals surface area contributed by atoms with Gasteiger partial charge in [-0.2, -0.15) is 0 Å². The Morgan fingerprint density at radius 2 is 1.56 bits per heavy atom. The summed E-state index contributed by atoms with van der Waals surface area (Å²) < 4.78 is 16.1. The van der Waals surface area contributed by atoms with Crippen molar-refractivity contribution in [3.63, 3.8) is 0 Å². The van der Waals surface area contributed by atoms with Gasteiger partial charge in [-0.05, 0) is 41.0 Å². The monoisotopic (exact) mass is 458 g/mol. The van der Waals surface area contributed by atoms with Crippen molar-refractivity contribution in [3.8, 4) is 0 Å². The summed E-state index contributed by atoms with van der Waals surface area (Å²) in [6.45, 7) is 1.15. The second kappa shape index (κ2) is 11.7. The van der Waals surface area contributed by atoms with Gasteiger partial charge in [-0.25, -0.2) is 0 Å². The van der Waals surface area contributed by atoms with Crippen LogP contribution >= 0.6 is 0 Å². The van der Waals surface area contributed by atoms with Crippen molar-refractivity contribution in [2.75, 3.05) is 0 Å². The van der Waals surface area contributed by atoms with Crippen LogP contribution in [0.15, 0.2) is 100 Å². The molecule has 2 amide bonds. The van der Waals surface area contributed by atoms with Crippen molar-refractivity contribution in [2.45, 2.75) is 32.2 Å². The normalized spacial score (nSPS) is 11.6. The highest BCUT2D eigenvalue weighted by Gasteiger charge is 2.23. The first-order valence-electron chi connectivity index (χ1n) is 11.0. The smallest absolute Gasteiger partial charge is 0.287 e. The van der Waals surface area contributed by atoms with Crippen molar-refractivity contribution in [1.29, 1.82) is 0 Å². The minimum absolute atomic E-state index is 0.160. The van der Waals surface area contributed by atoms with Gasteiger partial charge in [0.05, 0.1) is 19.1 Å². The molecule has 0 aliphatic carbocycles. The standard InChI is InChI=1S/C27H26N2O5/c30-26(24(16-20-7-2-1-3-8-20)29-27(31)25-12-6-14-34-25)28-17-21-9-4-10-22(15-21)18-32-19-23-11-5-13-33-23/h1-15,24H,16-19H2,(H,28,30)(H,29,31). The molecule has 0 fully saturated rings. The van der Waals surface area contributed by atoms with E-state index in [1.54, 1.807) is 18.4 Å². The summed E-state index contributed by atoms with van der Waals surface area (Å²) in [7, 11) is 0. The van der Waals surface area contributed by atoms with Crippen LogP contribution < -0.4 is 10.6 Å². The minimum atomic E-state index is -0.750. The molecule has 174 valence electrons. The molecular weight excluding hydrogens is 432 g/mol. The van der Waals surface area contributed by atoms with Gasteiger partial charge in [0.25, 0.3) is 5.91 Å². The first-order chi connectivity index (χ1) is 16.7. The van der Waals surface area contributed by atoms with E-state index >= 15 is 0 Å². The van der Waals surface area contributed by atoms with Crippen molar-refractivity contribution < 1.29 is 23.2 Å².